The summed E-state index contributed by atoms with van der Waals surface area (Å²) in [7, 11) is -4.09. The summed E-state index contributed by atoms with van der Waals surface area (Å²) in [5.74, 6) is -3.18. The number of benzene rings is 1. The molecule has 2 fully saturated rings. The highest BCUT2D eigenvalue weighted by Gasteiger charge is 2.48. The van der Waals surface area contributed by atoms with Gasteiger partial charge in [0, 0.05) is 26.2 Å². The summed E-state index contributed by atoms with van der Waals surface area (Å²) in [6, 6.07) is 2.22. The number of alkyl halides is 3. The number of rotatable bonds is 4. The maximum atomic E-state index is 13.4. The van der Waals surface area contributed by atoms with Crippen LogP contribution in [0.25, 0.3) is 0 Å². The van der Waals surface area contributed by atoms with Crippen LogP contribution >= 0.6 is 0 Å². The molecule has 0 unspecified atom stereocenters. The minimum atomic E-state index is -4.91. The lowest BCUT2D eigenvalue weighted by Crippen LogP contribution is -2.42. The monoisotopic (exact) mass is 444 g/mol. The van der Waals surface area contributed by atoms with Gasteiger partial charge in [-0.3, -0.25) is 0 Å². The summed E-state index contributed by atoms with van der Waals surface area (Å²) in [6.45, 7) is -1.51. The molecule has 2 heterocycles. The molecule has 162 valence electrons. The lowest BCUT2D eigenvalue weighted by molar-refractivity contribution is -0.214. The Morgan fingerprint density at radius 1 is 1.14 bits per heavy atom. The zero-order valence-electron chi connectivity index (χ0n) is 14.8. The number of likely N-dealkylation sites (tertiary alicyclic amines) is 1. The van der Waals surface area contributed by atoms with E-state index >= 15 is 0 Å². The molecule has 2 saturated heterocycles. The second-order valence-corrected chi connectivity index (χ2v) is 8.86. The van der Waals surface area contributed by atoms with E-state index in [9.17, 15) is 35.2 Å². The zero-order valence-corrected chi connectivity index (χ0v) is 15.6. The number of hydrogen-bond acceptors (Lipinski definition) is 5. The van der Waals surface area contributed by atoms with Gasteiger partial charge in [0.2, 0.25) is 16.1 Å². The summed E-state index contributed by atoms with van der Waals surface area (Å²) in [5.41, 5.74) is 0. The van der Waals surface area contributed by atoms with Crippen molar-refractivity contribution in [2.75, 3.05) is 32.8 Å². The zero-order chi connectivity index (χ0) is 21.6. The van der Waals surface area contributed by atoms with Gasteiger partial charge in [0.05, 0.1) is 11.5 Å². The molecule has 1 amide bonds. The third-order valence-electron chi connectivity index (χ3n) is 5.01. The van der Waals surface area contributed by atoms with Crippen molar-refractivity contribution in [1.82, 2.24) is 9.21 Å². The molecule has 0 bridgehead atoms. The molecule has 3 rings (SSSR count). The van der Waals surface area contributed by atoms with Crippen molar-refractivity contribution in [2.45, 2.75) is 17.2 Å². The fraction of sp³-hybridized carbons (Fsp3) is 0.562. The van der Waals surface area contributed by atoms with Gasteiger partial charge in [-0.1, -0.05) is 0 Å². The Labute approximate surface area is 162 Å². The van der Waals surface area contributed by atoms with Crippen molar-refractivity contribution in [3.8, 4) is 0 Å². The average molecular weight is 444 g/mol. The van der Waals surface area contributed by atoms with E-state index in [4.69, 9.17) is 5.11 Å². The first-order valence-electron chi connectivity index (χ1n) is 8.51. The first-order chi connectivity index (χ1) is 13.4. The number of halogens is 5. The number of fused-ring (bicyclic) bond motifs is 1. The molecule has 2 aliphatic heterocycles. The second-order valence-electron chi connectivity index (χ2n) is 6.92. The normalized spacial score (nSPS) is 23.9. The van der Waals surface area contributed by atoms with Gasteiger partial charge in [-0.15, -0.1) is 0 Å². The van der Waals surface area contributed by atoms with Gasteiger partial charge in [0.25, 0.3) is 0 Å². The number of hydrogen-bond donors (Lipinski definition) is 1. The minimum absolute atomic E-state index is 0.0245. The van der Waals surface area contributed by atoms with Crippen molar-refractivity contribution in [3.05, 3.63) is 29.8 Å². The number of aliphatic hydroxyl groups excluding tert-OH is 1. The van der Waals surface area contributed by atoms with Crippen LogP contribution in [0.15, 0.2) is 23.1 Å². The number of carbonyl (C=O) groups is 1. The summed E-state index contributed by atoms with van der Waals surface area (Å²) < 4.78 is 94.9. The van der Waals surface area contributed by atoms with Crippen LogP contribution in [0, 0.1) is 23.5 Å². The first kappa shape index (κ1) is 21.7. The number of amides is 1. The molecule has 29 heavy (non-hydrogen) atoms. The van der Waals surface area contributed by atoms with Gasteiger partial charge >= 0.3 is 12.3 Å². The molecule has 3 atom stereocenters. The van der Waals surface area contributed by atoms with Crippen molar-refractivity contribution >= 4 is 16.1 Å². The summed E-state index contributed by atoms with van der Waals surface area (Å²) in [4.78, 5) is 12.6. The molecular weight excluding hydrogens is 427 g/mol. The molecule has 0 spiro atoms. The smallest absolute Gasteiger partial charge is 0.427 e. The van der Waals surface area contributed by atoms with Gasteiger partial charge < -0.3 is 14.7 Å². The maximum absolute atomic E-state index is 13.4. The molecule has 0 aromatic heterocycles. The van der Waals surface area contributed by atoms with Crippen LogP contribution < -0.4 is 0 Å². The highest BCUT2D eigenvalue weighted by molar-refractivity contribution is 7.89. The number of sulfonamides is 1. The van der Waals surface area contributed by atoms with Crippen LogP contribution in [0.5, 0.6) is 0 Å². The fourth-order valence-electron chi connectivity index (χ4n) is 3.49. The van der Waals surface area contributed by atoms with E-state index in [1.54, 1.807) is 0 Å². The molecule has 1 aromatic rings. The van der Waals surface area contributed by atoms with Gasteiger partial charge in [-0.25, -0.2) is 22.0 Å². The van der Waals surface area contributed by atoms with E-state index in [-0.39, 0.29) is 38.0 Å². The highest BCUT2D eigenvalue weighted by atomic mass is 32.2. The predicted octanol–water partition coefficient (Wildman–Crippen LogP) is 1.58. The Morgan fingerprint density at radius 3 is 2.21 bits per heavy atom. The topological polar surface area (TPSA) is 87.2 Å². The number of nitrogens with zero attached hydrogens (tertiary/aromatic N) is 2. The molecule has 1 N–H and O–H groups in total. The van der Waals surface area contributed by atoms with Gasteiger partial charge in [0.15, 0.2) is 11.6 Å². The molecule has 7 nitrogen and oxygen atoms in total. The number of aliphatic hydroxyl groups is 1. The minimum Gasteiger partial charge on any atom is -0.434 e. The molecule has 0 saturated carbocycles. The van der Waals surface area contributed by atoms with E-state index in [1.807, 2.05) is 0 Å². The van der Waals surface area contributed by atoms with Crippen LogP contribution in [-0.2, 0) is 14.8 Å². The quantitative estimate of drug-likeness (QED) is 0.713. The SMILES string of the molecule is O=C(O[C@H](CO)C(F)(F)F)N1C[C@@H]2CN(S(=O)(=O)c3ccc(F)c(F)c3)C[C@@H]2C1. The van der Waals surface area contributed by atoms with Crippen LogP contribution in [-0.4, -0.2) is 73.9 Å². The standard InChI is InChI=1S/C16H17F5N2O5S/c17-12-2-1-11(3-13(12)18)29(26,27)23-6-9-4-22(5-10(9)7-23)15(25)28-14(8-24)16(19,20)21/h1-3,9-10,14,24H,4-8H2/t9-,10+,14-/m1/s1. The molecular formula is C16H17F5N2O5S. The average Bonchev–Trinajstić information content (AvgIpc) is 3.20. The summed E-state index contributed by atoms with van der Waals surface area (Å²) >= 11 is 0. The number of ether oxygens (including phenoxy) is 1. The van der Waals surface area contributed by atoms with Gasteiger partial charge in [0.1, 0.15) is 0 Å². The Balaban J connectivity index is 1.63. The molecule has 13 heteroatoms. The van der Waals surface area contributed by atoms with Crippen LogP contribution in [0.4, 0.5) is 26.7 Å². The number of carbonyl (C=O) groups excluding carboxylic acids is 1. The molecule has 2 aliphatic rings. The Morgan fingerprint density at radius 2 is 1.72 bits per heavy atom. The Bertz CT molecular complexity index is 880. The van der Waals surface area contributed by atoms with Crippen molar-refractivity contribution < 1.29 is 45.0 Å². The Kier molecular flexibility index (Phi) is 5.75. The highest BCUT2D eigenvalue weighted by Crippen LogP contribution is 2.35. The molecule has 0 radical (unpaired) electrons. The van der Waals surface area contributed by atoms with E-state index < -0.39 is 51.5 Å². The lowest BCUT2D eigenvalue weighted by atomic mass is 10.0. The third-order valence-corrected chi connectivity index (χ3v) is 6.84. The largest absolute Gasteiger partial charge is 0.434 e. The van der Waals surface area contributed by atoms with E-state index in [2.05, 4.69) is 4.74 Å². The van der Waals surface area contributed by atoms with E-state index in [0.717, 1.165) is 15.3 Å². The maximum Gasteiger partial charge on any atom is 0.427 e. The van der Waals surface area contributed by atoms with Crippen LogP contribution in [0.1, 0.15) is 0 Å². The van der Waals surface area contributed by atoms with Crippen molar-refractivity contribution in [3.63, 3.8) is 0 Å². The van der Waals surface area contributed by atoms with E-state index in [0.29, 0.717) is 12.1 Å². The van der Waals surface area contributed by atoms with Crippen LogP contribution in [0.3, 0.4) is 0 Å². The van der Waals surface area contributed by atoms with Crippen LogP contribution in [0.2, 0.25) is 0 Å². The predicted molar refractivity (Wildman–Crippen MR) is 87.1 cm³/mol. The Hall–Kier alpha value is -1.99. The summed E-state index contributed by atoms with van der Waals surface area (Å²) in [6.07, 6.45) is -8.79. The van der Waals surface area contributed by atoms with Gasteiger partial charge in [-0.2, -0.15) is 17.5 Å². The first-order valence-corrected chi connectivity index (χ1v) is 9.95. The fourth-order valence-corrected chi connectivity index (χ4v) is 5.05. The molecule has 0 aliphatic carbocycles. The second kappa shape index (κ2) is 7.69. The van der Waals surface area contributed by atoms with Gasteiger partial charge in [-0.05, 0) is 30.0 Å². The summed E-state index contributed by atoms with van der Waals surface area (Å²) in [5, 5.41) is 8.74. The lowest BCUT2D eigenvalue weighted by Gasteiger charge is -2.24. The van der Waals surface area contributed by atoms with Crippen molar-refractivity contribution in [1.29, 1.82) is 0 Å². The van der Waals surface area contributed by atoms with Crippen molar-refractivity contribution in [2.24, 2.45) is 11.8 Å². The molecule has 1 aromatic carbocycles. The third kappa shape index (κ3) is 4.31. The van der Waals surface area contributed by atoms with E-state index in [1.165, 1.54) is 0 Å².